The number of ether oxygens (including phenoxy) is 1. The number of aliphatic hydroxyl groups is 1. The lowest BCUT2D eigenvalue weighted by Gasteiger charge is -2.29. The van der Waals surface area contributed by atoms with Crippen molar-refractivity contribution in [1.29, 1.82) is 0 Å². The number of benzene rings is 2. The zero-order valence-electron chi connectivity index (χ0n) is 17.1. The highest BCUT2D eigenvalue weighted by molar-refractivity contribution is 6.21. The summed E-state index contributed by atoms with van der Waals surface area (Å²) in [6, 6.07) is 14.9. The molecule has 0 bridgehead atoms. The highest BCUT2D eigenvalue weighted by Gasteiger charge is 2.35. The fraction of sp³-hybridized carbons (Fsp3) is 0.333. The smallest absolute Gasteiger partial charge is 0.261 e. The number of fused-ring (bicyclic) bond motifs is 1. The number of carbonyl (C=O) groups excluding carboxylic acids is 2. The van der Waals surface area contributed by atoms with Gasteiger partial charge in [-0.05, 0) is 36.6 Å². The third-order valence-electron chi connectivity index (χ3n) is 5.78. The van der Waals surface area contributed by atoms with E-state index in [0.717, 1.165) is 30.8 Å². The molecule has 0 unspecified atom stereocenters. The van der Waals surface area contributed by atoms with Gasteiger partial charge in [0.05, 0.1) is 24.3 Å². The summed E-state index contributed by atoms with van der Waals surface area (Å²) in [6.45, 7) is 2.33. The second-order valence-corrected chi connectivity index (χ2v) is 7.69. The SMILES string of the molecule is COc1ccccc1C1=CCN(C[C@H](O)CCN2C(=O)c3ccccc3C2=O)CC1. The van der Waals surface area contributed by atoms with Crippen LogP contribution in [-0.4, -0.2) is 66.1 Å². The van der Waals surface area contributed by atoms with Crippen LogP contribution in [0.4, 0.5) is 0 Å². The van der Waals surface area contributed by atoms with Crippen molar-refractivity contribution in [3.63, 3.8) is 0 Å². The van der Waals surface area contributed by atoms with Crippen LogP contribution in [0.15, 0.2) is 54.6 Å². The van der Waals surface area contributed by atoms with Gasteiger partial charge in [0, 0.05) is 31.7 Å². The fourth-order valence-corrected chi connectivity index (χ4v) is 4.14. The fourth-order valence-electron chi connectivity index (χ4n) is 4.14. The summed E-state index contributed by atoms with van der Waals surface area (Å²) in [6.07, 6.45) is 2.82. The Morgan fingerprint density at radius 3 is 2.23 bits per heavy atom. The number of hydrogen-bond acceptors (Lipinski definition) is 5. The van der Waals surface area contributed by atoms with E-state index in [-0.39, 0.29) is 18.4 Å². The van der Waals surface area contributed by atoms with Crippen LogP contribution < -0.4 is 4.74 Å². The summed E-state index contributed by atoms with van der Waals surface area (Å²) in [5.74, 6) is 0.327. The molecule has 30 heavy (non-hydrogen) atoms. The Morgan fingerprint density at radius 2 is 1.63 bits per heavy atom. The van der Waals surface area contributed by atoms with Gasteiger partial charge in [-0.1, -0.05) is 36.4 Å². The zero-order valence-corrected chi connectivity index (χ0v) is 17.1. The Labute approximate surface area is 176 Å². The van der Waals surface area contributed by atoms with E-state index in [1.807, 2.05) is 18.2 Å². The van der Waals surface area contributed by atoms with Gasteiger partial charge in [0.2, 0.25) is 0 Å². The number of methoxy groups -OCH3 is 1. The number of rotatable bonds is 7. The standard InChI is InChI=1S/C24H26N2O4/c1-30-22-9-5-4-6-19(22)17-10-13-25(14-11-17)16-18(27)12-15-26-23(28)20-7-2-3-8-21(20)24(26)29/h2-10,18,27H,11-16H2,1H3/t18-/m1/s1. The molecule has 1 atom stereocenters. The van der Waals surface area contributed by atoms with E-state index in [4.69, 9.17) is 4.74 Å². The Balaban J connectivity index is 1.30. The Bertz CT molecular complexity index is 950. The molecule has 2 amide bonds. The van der Waals surface area contributed by atoms with Gasteiger partial charge in [0.1, 0.15) is 5.75 Å². The lowest BCUT2D eigenvalue weighted by molar-refractivity contribution is 0.0597. The number of nitrogens with zero attached hydrogens (tertiary/aromatic N) is 2. The topological polar surface area (TPSA) is 70.1 Å². The first kappa shape index (κ1) is 20.3. The Morgan fingerprint density at radius 1 is 1.00 bits per heavy atom. The first-order chi connectivity index (χ1) is 14.6. The molecule has 2 aromatic rings. The summed E-state index contributed by atoms with van der Waals surface area (Å²) in [7, 11) is 1.68. The molecule has 0 radical (unpaired) electrons. The van der Waals surface area contributed by atoms with E-state index in [1.54, 1.807) is 31.4 Å². The molecule has 6 nitrogen and oxygen atoms in total. The van der Waals surface area contributed by atoms with Crippen LogP contribution in [0.3, 0.4) is 0 Å². The summed E-state index contributed by atoms with van der Waals surface area (Å²) in [4.78, 5) is 28.3. The van der Waals surface area contributed by atoms with Crippen molar-refractivity contribution in [1.82, 2.24) is 9.80 Å². The molecule has 156 valence electrons. The summed E-state index contributed by atoms with van der Waals surface area (Å²) >= 11 is 0. The molecular weight excluding hydrogens is 380 g/mol. The van der Waals surface area contributed by atoms with E-state index in [2.05, 4.69) is 17.0 Å². The molecule has 0 spiro atoms. The van der Waals surface area contributed by atoms with Crippen LogP contribution in [0.5, 0.6) is 5.75 Å². The van der Waals surface area contributed by atoms with Crippen molar-refractivity contribution in [2.24, 2.45) is 0 Å². The number of para-hydroxylation sites is 1. The van der Waals surface area contributed by atoms with Crippen LogP contribution in [0.1, 0.15) is 39.1 Å². The molecule has 2 aliphatic rings. The Kier molecular flexibility index (Phi) is 5.97. The van der Waals surface area contributed by atoms with Crippen LogP contribution in [0, 0.1) is 0 Å². The first-order valence-corrected chi connectivity index (χ1v) is 10.3. The van der Waals surface area contributed by atoms with Crippen molar-refractivity contribution in [2.75, 3.05) is 33.3 Å². The van der Waals surface area contributed by atoms with Crippen LogP contribution in [-0.2, 0) is 0 Å². The second kappa shape index (κ2) is 8.81. The van der Waals surface area contributed by atoms with Gasteiger partial charge in [0.15, 0.2) is 0 Å². The largest absolute Gasteiger partial charge is 0.496 e. The molecule has 2 heterocycles. The van der Waals surface area contributed by atoms with Crippen LogP contribution in [0.25, 0.3) is 5.57 Å². The van der Waals surface area contributed by atoms with Crippen LogP contribution in [0.2, 0.25) is 0 Å². The van der Waals surface area contributed by atoms with E-state index in [0.29, 0.717) is 24.1 Å². The minimum Gasteiger partial charge on any atom is -0.496 e. The van der Waals surface area contributed by atoms with E-state index in [9.17, 15) is 14.7 Å². The summed E-state index contributed by atoms with van der Waals surface area (Å²) in [5.41, 5.74) is 3.26. The second-order valence-electron chi connectivity index (χ2n) is 7.69. The lowest BCUT2D eigenvalue weighted by Crippen LogP contribution is -2.38. The minimum atomic E-state index is -0.601. The molecule has 0 saturated carbocycles. The molecule has 2 aliphatic heterocycles. The molecule has 0 aromatic heterocycles. The van der Waals surface area contributed by atoms with E-state index < -0.39 is 6.10 Å². The predicted octanol–water partition coefficient (Wildman–Crippen LogP) is 2.83. The first-order valence-electron chi connectivity index (χ1n) is 10.3. The molecule has 0 aliphatic carbocycles. The van der Waals surface area contributed by atoms with Gasteiger partial charge >= 0.3 is 0 Å². The van der Waals surface area contributed by atoms with Crippen LogP contribution >= 0.6 is 0 Å². The number of imide groups is 1. The molecular formula is C24H26N2O4. The maximum atomic E-state index is 12.4. The van der Waals surface area contributed by atoms with Crippen molar-refractivity contribution >= 4 is 17.4 Å². The van der Waals surface area contributed by atoms with Crippen molar-refractivity contribution in [2.45, 2.75) is 18.9 Å². The number of β-amino-alcohol motifs (C(OH)–C–C–N with tert-alkyl or cyclic N) is 1. The van der Waals surface area contributed by atoms with Gasteiger partial charge in [0.25, 0.3) is 11.8 Å². The maximum Gasteiger partial charge on any atom is 0.261 e. The molecule has 1 N–H and O–H groups in total. The predicted molar refractivity (Wildman–Crippen MR) is 114 cm³/mol. The normalized spacial score (nSPS) is 17.7. The number of aliphatic hydroxyl groups excluding tert-OH is 1. The van der Waals surface area contributed by atoms with Gasteiger partial charge in [-0.3, -0.25) is 19.4 Å². The zero-order chi connectivity index (χ0) is 21.1. The van der Waals surface area contributed by atoms with Gasteiger partial charge in [-0.2, -0.15) is 0 Å². The highest BCUT2D eigenvalue weighted by atomic mass is 16.5. The third-order valence-corrected chi connectivity index (χ3v) is 5.78. The highest BCUT2D eigenvalue weighted by Crippen LogP contribution is 2.30. The maximum absolute atomic E-state index is 12.4. The van der Waals surface area contributed by atoms with Gasteiger partial charge < -0.3 is 9.84 Å². The summed E-state index contributed by atoms with van der Waals surface area (Å²) < 4.78 is 5.46. The molecule has 4 rings (SSSR count). The van der Waals surface area contributed by atoms with E-state index in [1.165, 1.54) is 10.5 Å². The number of amides is 2. The van der Waals surface area contributed by atoms with E-state index >= 15 is 0 Å². The quantitative estimate of drug-likeness (QED) is 0.716. The van der Waals surface area contributed by atoms with Crippen molar-refractivity contribution in [3.8, 4) is 5.75 Å². The number of carbonyl (C=O) groups is 2. The molecule has 0 saturated heterocycles. The average molecular weight is 406 g/mol. The van der Waals surface area contributed by atoms with Crippen molar-refractivity contribution in [3.05, 3.63) is 71.3 Å². The van der Waals surface area contributed by atoms with Gasteiger partial charge in [-0.15, -0.1) is 0 Å². The lowest BCUT2D eigenvalue weighted by atomic mass is 9.98. The third kappa shape index (κ3) is 4.01. The number of hydrogen-bond donors (Lipinski definition) is 1. The summed E-state index contributed by atoms with van der Waals surface area (Å²) in [5, 5.41) is 10.5. The molecule has 0 fully saturated rings. The van der Waals surface area contributed by atoms with Crippen molar-refractivity contribution < 1.29 is 19.4 Å². The Hall–Kier alpha value is -2.96. The molecule has 2 aromatic carbocycles. The van der Waals surface area contributed by atoms with Gasteiger partial charge in [-0.25, -0.2) is 0 Å². The molecule has 6 heteroatoms. The average Bonchev–Trinajstić information content (AvgIpc) is 3.03. The minimum absolute atomic E-state index is 0.226. The monoisotopic (exact) mass is 406 g/mol.